The molecule has 2 heterocycles. The quantitative estimate of drug-likeness (QED) is 0.795. The van der Waals surface area contributed by atoms with Crippen LogP contribution in [0, 0.1) is 5.92 Å². The Morgan fingerprint density at radius 1 is 1.13 bits per heavy atom. The van der Waals surface area contributed by atoms with E-state index in [0.29, 0.717) is 18.0 Å². The Bertz CT molecular complexity index is 655. The van der Waals surface area contributed by atoms with E-state index in [4.69, 9.17) is 0 Å². The smallest absolute Gasteiger partial charge is 0.255 e. The van der Waals surface area contributed by atoms with Gasteiger partial charge < -0.3 is 4.90 Å². The summed E-state index contributed by atoms with van der Waals surface area (Å²) in [7, 11) is 0. The lowest BCUT2D eigenvalue weighted by Crippen LogP contribution is -2.35. The van der Waals surface area contributed by atoms with Gasteiger partial charge in [-0.25, -0.2) is 0 Å². The highest BCUT2D eigenvalue weighted by Crippen LogP contribution is 2.21. The second-order valence-electron chi connectivity index (χ2n) is 5.94. The fourth-order valence-electron chi connectivity index (χ4n) is 2.94. The lowest BCUT2D eigenvalue weighted by atomic mass is 9.93. The van der Waals surface area contributed by atoms with Crippen molar-refractivity contribution < 1.29 is 4.79 Å². The zero-order valence-electron chi connectivity index (χ0n) is 13.1. The first-order chi connectivity index (χ1) is 11.3. The number of carbonyl (C=O) groups is 1. The second-order valence-corrected chi connectivity index (χ2v) is 5.94. The largest absolute Gasteiger partial charge is 0.334 e. The molecule has 0 fully saturated rings. The van der Waals surface area contributed by atoms with Gasteiger partial charge in [-0.15, -0.1) is 0 Å². The number of carbonyl (C=O) groups excluding carboxylic acids is 1. The van der Waals surface area contributed by atoms with Crippen LogP contribution in [-0.2, 0) is 6.54 Å². The van der Waals surface area contributed by atoms with Gasteiger partial charge in [0.15, 0.2) is 0 Å². The zero-order valence-corrected chi connectivity index (χ0v) is 13.1. The summed E-state index contributed by atoms with van der Waals surface area (Å²) in [6, 6.07) is 7.55. The van der Waals surface area contributed by atoms with Crippen LogP contribution in [0.1, 0.15) is 35.2 Å². The van der Waals surface area contributed by atoms with E-state index in [1.807, 2.05) is 29.3 Å². The number of pyridine rings is 2. The van der Waals surface area contributed by atoms with E-state index in [2.05, 4.69) is 22.1 Å². The standard InChI is InChI=1S/C19H21N3O/c23-19(18-9-5-11-21-13-18)22(14-16-6-2-1-3-7-16)15-17-8-4-10-20-12-17/h1-2,4-5,8-13,16H,3,6-7,14-15H2/t16-/m1/s1. The third kappa shape index (κ3) is 4.25. The van der Waals surface area contributed by atoms with Crippen molar-refractivity contribution in [3.05, 3.63) is 72.3 Å². The van der Waals surface area contributed by atoms with Gasteiger partial charge in [-0.1, -0.05) is 18.2 Å². The molecule has 4 heteroatoms. The van der Waals surface area contributed by atoms with Crippen molar-refractivity contribution in [2.45, 2.75) is 25.8 Å². The van der Waals surface area contributed by atoms with Crippen LogP contribution in [0.3, 0.4) is 0 Å². The number of amides is 1. The first kappa shape index (κ1) is 15.4. The van der Waals surface area contributed by atoms with Crippen LogP contribution in [-0.4, -0.2) is 27.3 Å². The van der Waals surface area contributed by atoms with E-state index >= 15 is 0 Å². The summed E-state index contributed by atoms with van der Waals surface area (Å²) in [5, 5.41) is 0. The zero-order chi connectivity index (χ0) is 15.9. The molecule has 0 saturated heterocycles. The highest BCUT2D eigenvalue weighted by atomic mass is 16.2. The monoisotopic (exact) mass is 307 g/mol. The highest BCUT2D eigenvalue weighted by Gasteiger charge is 2.21. The Morgan fingerprint density at radius 2 is 1.96 bits per heavy atom. The SMILES string of the molecule is O=C(c1cccnc1)N(Cc1cccnc1)C[C@@H]1CC=CCC1. The highest BCUT2D eigenvalue weighted by molar-refractivity contribution is 5.93. The van der Waals surface area contributed by atoms with Gasteiger partial charge in [-0.2, -0.15) is 0 Å². The third-order valence-corrected chi connectivity index (χ3v) is 4.15. The predicted molar refractivity (Wildman–Crippen MR) is 89.7 cm³/mol. The van der Waals surface area contributed by atoms with Crippen molar-refractivity contribution >= 4 is 5.91 Å². The fourth-order valence-corrected chi connectivity index (χ4v) is 2.94. The number of nitrogens with zero attached hydrogens (tertiary/aromatic N) is 3. The lowest BCUT2D eigenvalue weighted by Gasteiger charge is -2.28. The van der Waals surface area contributed by atoms with Gasteiger partial charge in [0.1, 0.15) is 0 Å². The maximum atomic E-state index is 12.9. The number of aromatic nitrogens is 2. The molecule has 1 amide bonds. The topological polar surface area (TPSA) is 46.1 Å². The van der Waals surface area contributed by atoms with Crippen LogP contribution in [0.2, 0.25) is 0 Å². The molecule has 0 aliphatic heterocycles. The molecular formula is C19H21N3O. The maximum Gasteiger partial charge on any atom is 0.255 e. The molecule has 1 aliphatic rings. The summed E-state index contributed by atoms with van der Waals surface area (Å²) in [5.74, 6) is 0.564. The van der Waals surface area contributed by atoms with E-state index in [9.17, 15) is 4.79 Å². The summed E-state index contributed by atoms with van der Waals surface area (Å²) in [6.07, 6.45) is 14.6. The van der Waals surface area contributed by atoms with Crippen LogP contribution < -0.4 is 0 Å². The summed E-state index contributed by atoms with van der Waals surface area (Å²) in [4.78, 5) is 23.0. The molecule has 0 aromatic carbocycles. The van der Waals surface area contributed by atoms with Crippen molar-refractivity contribution in [3.63, 3.8) is 0 Å². The molecule has 118 valence electrons. The van der Waals surface area contributed by atoms with Crippen LogP contribution in [0.4, 0.5) is 0 Å². The average Bonchev–Trinajstić information content (AvgIpc) is 2.63. The molecular weight excluding hydrogens is 286 g/mol. The molecule has 0 bridgehead atoms. The second kappa shape index (κ2) is 7.68. The molecule has 2 aromatic heterocycles. The van der Waals surface area contributed by atoms with Gasteiger partial charge in [0.25, 0.3) is 5.91 Å². The van der Waals surface area contributed by atoms with Crippen molar-refractivity contribution in [1.82, 2.24) is 14.9 Å². The van der Waals surface area contributed by atoms with Gasteiger partial charge in [0.2, 0.25) is 0 Å². The van der Waals surface area contributed by atoms with Crippen molar-refractivity contribution in [1.29, 1.82) is 0 Å². The fraction of sp³-hybridized carbons (Fsp3) is 0.316. The van der Waals surface area contributed by atoms with Crippen molar-refractivity contribution in [2.75, 3.05) is 6.54 Å². The summed E-state index contributed by atoms with van der Waals surface area (Å²) >= 11 is 0. The van der Waals surface area contributed by atoms with Crippen LogP contribution in [0.15, 0.2) is 61.2 Å². The minimum absolute atomic E-state index is 0.0384. The number of rotatable bonds is 5. The summed E-state index contributed by atoms with van der Waals surface area (Å²) in [6.45, 7) is 1.36. The molecule has 23 heavy (non-hydrogen) atoms. The van der Waals surface area contributed by atoms with E-state index in [-0.39, 0.29) is 5.91 Å². The molecule has 1 atom stereocenters. The van der Waals surface area contributed by atoms with Gasteiger partial charge in [-0.05, 0) is 48.9 Å². The summed E-state index contributed by atoms with van der Waals surface area (Å²) in [5.41, 5.74) is 1.69. The molecule has 0 spiro atoms. The molecule has 3 rings (SSSR count). The number of allylic oxidation sites excluding steroid dienone is 2. The third-order valence-electron chi connectivity index (χ3n) is 4.15. The molecule has 0 unspecified atom stereocenters. The number of hydrogen-bond acceptors (Lipinski definition) is 3. The van der Waals surface area contributed by atoms with Crippen LogP contribution in [0.5, 0.6) is 0 Å². The van der Waals surface area contributed by atoms with Crippen LogP contribution >= 0.6 is 0 Å². The van der Waals surface area contributed by atoms with Crippen LogP contribution in [0.25, 0.3) is 0 Å². The van der Waals surface area contributed by atoms with E-state index < -0.39 is 0 Å². The lowest BCUT2D eigenvalue weighted by molar-refractivity contribution is 0.0709. The Hall–Kier alpha value is -2.49. The van der Waals surface area contributed by atoms with E-state index in [1.54, 1.807) is 24.7 Å². The van der Waals surface area contributed by atoms with Crippen molar-refractivity contribution in [2.24, 2.45) is 5.92 Å². The first-order valence-electron chi connectivity index (χ1n) is 8.06. The van der Waals surface area contributed by atoms with Gasteiger partial charge >= 0.3 is 0 Å². The minimum atomic E-state index is 0.0384. The van der Waals surface area contributed by atoms with Crippen molar-refractivity contribution in [3.8, 4) is 0 Å². The van der Waals surface area contributed by atoms with E-state index in [1.165, 1.54) is 0 Å². The molecule has 0 radical (unpaired) electrons. The Morgan fingerprint density at radius 3 is 2.61 bits per heavy atom. The van der Waals surface area contributed by atoms with Gasteiger partial charge in [-0.3, -0.25) is 14.8 Å². The van der Waals surface area contributed by atoms with Gasteiger partial charge in [0, 0.05) is 37.9 Å². The Balaban J connectivity index is 1.77. The number of hydrogen-bond donors (Lipinski definition) is 0. The molecule has 0 saturated carbocycles. The molecule has 0 N–H and O–H groups in total. The van der Waals surface area contributed by atoms with Gasteiger partial charge in [0.05, 0.1) is 5.56 Å². The first-order valence-corrected chi connectivity index (χ1v) is 8.06. The Labute approximate surface area is 136 Å². The maximum absolute atomic E-state index is 12.9. The predicted octanol–water partition coefficient (Wildman–Crippen LogP) is 3.48. The molecule has 1 aliphatic carbocycles. The average molecular weight is 307 g/mol. The molecule has 2 aromatic rings. The molecule has 4 nitrogen and oxygen atoms in total. The Kier molecular flexibility index (Phi) is 5.14. The minimum Gasteiger partial charge on any atom is -0.334 e. The van der Waals surface area contributed by atoms with E-state index in [0.717, 1.165) is 31.4 Å². The normalized spacial score (nSPS) is 17.0. The summed E-state index contributed by atoms with van der Waals surface area (Å²) < 4.78 is 0.